The van der Waals surface area contributed by atoms with Crippen LogP contribution in [-0.2, 0) is 11.3 Å². The first-order chi connectivity index (χ1) is 16.6. The van der Waals surface area contributed by atoms with Crippen molar-refractivity contribution in [1.29, 1.82) is 0 Å². The summed E-state index contributed by atoms with van der Waals surface area (Å²) in [7, 11) is 1.76. The van der Waals surface area contributed by atoms with Crippen molar-refractivity contribution in [2.45, 2.75) is 25.8 Å². The normalized spacial score (nSPS) is 14.3. The van der Waals surface area contributed by atoms with Gasteiger partial charge in [-0.2, -0.15) is 0 Å². The van der Waals surface area contributed by atoms with E-state index in [-0.39, 0.29) is 24.2 Å². The Kier molecular flexibility index (Phi) is 7.75. The molecular weight excluding hydrogens is 430 g/mol. The number of hydrogen-bond donors (Lipinski definition) is 0. The summed E-state index contributed by atoms with van der Waals surface area (Å²) in [5.41, 5.74) is 1.35. The molecule has 1 aromatic heterocycles. The van der Waals surface area contributed by atoms with Gasteiger partial charge in [-0.25, -0.2) is 4.98 Å². The molecule has 0 radical (unpaired) electrons. The molecule has 3 aromatic rings. The van der Waals surface area contributed by atoms with Crippen LogP contribution in [0.5, 0.6) is 17.4 Å². The molecule has 2 amide bonds. The summed E-state index contributed by atoms with van der Waals surface area (Å²) in [6, 6.07) is 20.5. The first-order valence-corrected chi connectivity index (χ1v) is 11.5. The molecule has 7 nitrogen and oxygen atoms in total. The number of pyridine rings is 1. The largest absolute Gasteiger partial charge is 0.490 e. The molecular formula is C27H29N3O4. The van der Waals surface area contributed by atoms with Crippen LogP contribution >= 0.6 is 0 Å². The zero-order valence-electron chi connectivity index (χ0n) is 19.4. The molecule has 176 valence electrons. The molecule has 0 spiro atoms. The molecule has 4 rings (SSSR count). The number of para-hydroxylation sites is 2. The Balaban J connectivity index is 1.56. The van der Waals surface area contributed by atoms with Gasteiger partial charge in [0.2, 0.25) is 11.8 Å². The van der Waals surface area contributed by atoms with Crippen molar-refractivity contribution in [3.63, 3.8) is 0 Å². The van der Waals surface area contributed by atoms with Gasteiger partial charge in [-0.15, -0.1) is 0 Å². The molecule has 0 aliphatic carbocycles. The highest BCUT2D eigenvalue weighted by atomic mass is 16.5. The van der Waals surface area contributed by atoms with E-state index in [1.807, 2.05) is 48.5 Å². The van der Waals surface area contributed by atoms with Crippen molar-refractivity contribution < 1.29 is 19.1 Å². The highest BCUT2D eigenvalue weighted by Crippen LogP contribution is 2.32. The Bertz CT molecular complexity index is 1120. The van der Waals surface area contributed by atoms with Crippen molar-refractivity contribution in [2.24, 2.45) is 0 Å². The Morgan fingerprint density at radius 1 is 0.971 bits per heavy atom. The SMILES string of the molecule is CN(Cc1ccccc1)C(=O)CN1CCCCCOc2ccccc2Oc2ncccc2C1=O. The van der Waals surface area contributed by atoms with Gasteiger partial charge in [-0.1, -0.05) is 42.5 Å². The number of carbonyl (C=O) groups excluding carboxylic acids is 2. The van der Waals surface area contributed by atoms with Gasteiger partial charge < -0.3 is 19.3 Å². The summed E-state index contributed by atoms with van der Waals surface area (Å²) in [4.78, 5) is 34.1. The average Bonchev–Trinajstić information content (AvgIpc) is 2.87. The fraction of sp³-hybridized carbons (Fsp3) is 0.296. The van der Waals surface area contributed by atoms with E-state index >= 15 is 0 Å². The van der Waals surface area contributed by atoms with E-state index < -0.39 is 0 Å². The van der Waals surface area contributed by atoms with Crippen LogP contribution in [-0.4, -0.2) is 53.3 Å². The van der Waals surface area contributed by atoms with Crippen molar-refractivity contribution in [3.8, 4) is 17.4 Å². The fourth-order valence-electron chi connectivity index (χ4n) is 3.81. The van der Waals surface area contributed by atoms with Crippen LogP contribution in [0.1, 0.15) is 35.2 Å². The second-order valence-corrected chi connectivity index (χ2v) is 8.28. The maximum absolute atomic E-state index is 13.6. The van der Waals surface area contributed by atoms with Crippen LogP contribution < -0.4 is 9.47 Å². The lowest BCUT2D eigenvalue weighted by molar-refractivity contribution is -0.131. The Labute approximate surface area is 199 Å². The fourth-order valence-corrected chi connectivity index (χ4v) is 3.81. The molecule has 0 saturated heterocycles. The number of rotatable bonds is 4. The summed E-state index contributed by atoms with van der Waals surface area (Å²) in [5.74, 6) is 0.904. The highest BCUT2D eigenvalue weighted by Gasteiger charge is 2.25. The maximum Gasteiger partial charge on any atom is 0.259 e. The number of aromatic nitrogens is 1. The zero-order valence-corrected chi connectivity index (χ0v) is 19.4. The molecule has 34 heavy (non-hydrogen) atoms. The van der Waals surface area contributed by atoms with Crippen LogP contribution in [0.25, 0.3) is 0 Å². The van der Waals surface area contributed by atoms with Gasteiger partial charge in [-0.3, -0.25) is 9.59 Å². The summed E-state index contributed by atoms with van der Waals surface area (Å²) in [5, 5.41) is 0. The van der Waals surface area contributed by atoms with Crippen molar-refractivity contribution in [1.82, 2.24) is 14.8 Å². The predicted molar refractivity (Wildman–Crippen MR) is 129 cm³/mol. The maximum atomic E-state index is 13.6. The predicted octanol–water partition coefficient (Wildman–Crippen LogP) is 4.54. The van der Waals surface area contributed by atoms with E-state index in [4.69, 9.17) is 9.47 Å². The van der Waals surface area contributed by atoms with Crippen LogP contribution in [0.15, 0.2) is 72.9 Å². The van der Waals surface area contributed by atoms with Gasteiger partial charge in [0.1, 0.15) is 12.1 Å². The Morgan fingerprint density at radius 2 is 1.74 bits per heavy atom. The molecule has 0 saturated carbocycles. The first-order valence-electron chi connectivity index (χ1n) is 11.5. The lowest BCUT2D eigenvalue weighted by atomic mass is 10.2. The Morgan fingerprint density at radius 3 is 2.56 bits per heavy atom. The van der Waals surface area contributed by atoms with Crippen molar-refractivity contribution in [2.75, 3.05) is 26.7 Å². The van der Waals surface area contributed by atoms with Crippen LogP contribution in [0, 0.1) is 0 Å². The van der Waals surface area contributed by atoms with Gasteiger partial charge in [-0.05, 0) is 49.1 Å². The van der Waals surface area contributed by atoms with Crippen molar-refractivity contribution in [3.05, 3.63) is 84.1 Å². The monoisotopic (exact) mass is 459 g/mol. The van der Waals surface area contributed by atoms with Gasteiger partial charge in [0.25, 0.3) is 5.91 Å². The van der Waals surface area contributed by atoms with Gasteiger partial charge in [0, 0.05) is 26.3 Å². The van der Waals surface area contributed by atoms with Gasteiger partial charge >= 0.3 is 0 Å². The van der Waals surface area contributed by atoms with E-state index in [1.54, 1.807) is 41.2 Å². The number of ether oxygens (including phenoxy) is 2. The third kappa shape index (κ3) is 5.92. The van der Waals surface area contributed by atoms with E-state index in [0.717, 1.165) is 24.8 Å². The molecule has 7 heteroatoms. The minimum atomic E-state index is -0.276. The van der Waals surface area contributed by atoms with Gasteiger partial charge in [0.15, 0.2) is 11.5 Å². The number of carbonyl (C=O) groups is 2. The molecule has 0 atom stereocenters. The molecule has 0 unspecified atom stereocenters. The average molecular weight is 460 g/mol. The number of benzene rings is 2. The number of hydrogen-bond acceptors (Lipinski definition) is 5. The molecule has 0 bridgehead atoms. The third-order valence-corrected chi connectivity index (χ3v) is 5.69. The second kappa shape index (κ2) is 11.3. The van der Waals surface area contributed by atoms with Crippen molar-refractivity contribution >= 4 is 11.8 Å². The molecule has 2 heterocycles. The molecule has 1 aliphatic rings. The number of nitrogens with zero attached hydrogens (tertiary/aromatic N) is 3. The summed E-state index contributed by atoms with van der Waals surface area (Å²) >= 11 is 0. The summed E-state index contributed by atoms with van der Waals surface area (Å²) < 4.78 is 11.9. The van der Waals surface area contributed by atoms with Gasteiger partial charge in [0.05, 0.1) is 6.61 Å². The lowest BCUT2D eigenvalue weighted by Gasteiger charge is -2.26. The highest BCUT2D eigenvalue weighted by molar-refractivity contribution is 5.98. The minimum absolute atomic E-state index is 0.0103. The lowest BCUT2D eigenvalue weighted by Crippen LogP contribution is -2.42. The molecule has 0 N–H and O–H groups in total. The van der Waals surface area contributed by atoms with Crippen LogP contribution in [0.4, 0.5) is 0 Å². The molecule has 0 fully saturated rings. The molecule has 1 aliphatic heterocycles. The second-order valence-electron chi connectivity index (χ2n) is 8.28. The minimum Gasteiger partial charge on any atom is -0.490 e. The molecule has 2 aromatic carbocycles. The number of amides is 2. The number of likely N-dealkylation sites (N-methyl/N-ethyl adjacent to an activating group) is 1. The van der Waals surface area contributed by atoms with E-state index in [2.05, 4.69) is 4.98 Å². The first kappa shape index (κ1) is 23.3. The number of fused-ring (bicyclic) bond motifs is 2. The topological polar surface area (TPSA) is 72.0 Å². The standard InChI is InChI=1S/C27H29N3O4/c1-29(19-21-11-4-2-5-12-21)25(31)20-30-17-8-3-9-18-33-23-14-6-7-15-24(23)34-26-22(27(30)32)13-10-16-28-26/h2,4-7,10-16H,3,8-9,17-20H2,1H3. The summed E-state index contributed by atoms with van der Waals surface area (Å²) in [6.07, 6.45) is 4.06. The third-order valence-electron chi connectivity index (χ3n) is 5.69. The van der Waals surface area contributed by atoms with Crippen LogP contribution in [0.2, 0.25) is 0 Å². The van der Waals surface area contributed by atoms with Crippen LogP contribution in [0.3, 0.4) is 0 Å². The Hall–Kier alpha value is -3.87. The van der Waals surface area contributed by atoms with E-state index in [1.165, 1.54) is 0 Å². The summed E-state index contributed by atoms with van der Waals surface area (Å²) in [6.45, 7) is 1.48. The smallest absolute Gasteiger partial charge is 0.259 e. The van der Waals surface area contributed by atoms with E-state index in [9.17, 15) is 9.59 Å². The quantitative estimate of drug-likeness (QED) is 0.573. The zero-order chi connectivity index (χ0) is 23.8. The van der Waals surface area contributed by atoms with E-state index in [0.29, 0.717) is 36.8 Å².